The number of amides is 2. The second-order valence-electron chi connectivity index (χ2n) is 5.55. The number of benzene rings is 1. The first-order valence-electron chi connectivity index (χ1n) is 7.69. The van der Waals surface area contributed by atoms with Crippen LogP contribution in [-0.4, -0.2) is 34.7 Å². The van der Waals surface area contributed by atoms with Crippen molar-refractivity contribution in [2.75, 3.05) is 19.0 Å². The second kappa shape index (κ2) is 6.68. The van der Waals surface area contributed by atoms with Gasteiger partial charge in [-0.1, -0.05) is 11.2 Å². The molecule has 1 atom stereocenters. The fraction of sp³-hybridized carbons (Fsp3) is 0.438. The summed E-state index contributed by atoms with van der Waals surface area (Å²) < 4.78 is 10.4. The predicted octanol–water partition coefficient (Wildman–Crippen LogP) is 3.15. The Bertz CT molecular complexity index is 685. The zero-order chi connectivity index (χ0) is 16.2. The van der Waals surface area contributed by atoms with Gasteiger partial charge in [0.25, 0.3) is 0 Å². The summed E-state index contributed by atoms with van der Waals surface area (Å²) >= 11 is 0. The number of hydrogen-bond acceptors (Lipinski definition) is 5. The van der Waals surface area contributed by atoms with E-state index in [0.29, 0.717) is 29.7 Å². The quantitative estimate of drug-likeness (QED) is 0.941. The van der Waals surface area contributed by atoms with Crippen LogP contribution < -0.4 is 10.1 Å². The van der Waals surface area contributed by atoms with Gasteiger partial charge < -0.3 is 19.5 Å². The molecule has 2 aromatic rings. The van der Waals surface area contributed by atoms with Gasteiger partial charge in [0, 0.05) is 18.3 Å². The van der Waals surface area contributed by atoms with Crippen molar-refractivity contribution in [1.82, 2.24) is 15.0 Å². The molecule has 122 valence electrons. The van der Waals surface area contributed by atoms with Gasteiger partial charge in [0.05, 0.1) is 7.11 Å². The van der Waals surface area contributed by atoms with Crippen molar-refractivity contribution in [3.63, 3.8) is 0 Å². The van der Waals surface area contributed by atoms with Gasteiger partial charge >= 0.3 is 6.03 Å². The first kappa shape index (κ1) is 15.3. The molecule has 7 heteroatoms. The van der Waals surface area contributed by atoms with Crippen molar-refractivity contribution < 1.29 is 14.1 Å². The Kier molecular flexibility index (Phi) is 4.45. The van der Waals surface area contributed by atoms with E-state index in [0.717, 1.165) is 19.3 Å². The first-order valence-corrected chi connectivity index (χ1v) is 7.69. The zero-order valence-corrected chi connectivity index (χ0v) is 13.3. The molecule has 0 saturated carbocycles. The summed E-state index contributed by atoms with van der Waals surface area (Å²) in [4.78, 5) is 18.7. The molecule has 23 heavy (non-hydrogen) atoms. The summed E-state index contributed by atoms with van der Waals surface area (Å²) in [5.41, 5.74) is 0.695. The number of nitrogens with one attached hydrogen (secondary N) is 1. The summed E-state index contributed by atoms with van der Waals surface area (Å²) in [5.74, 6) is 1.78. The lowest BCUT2D eigenvalue weighted by molar-refractivity contribution is 0.142. The van der Waals surface area contributed by atoms with Crippen LogP contribution in [0.2, 0.25) is 0 Å². The lowest BCUT2D eigenvalue weighted by Crippen LogP contribution is -2.41. The van der Waals surface area contributed by atoms with Crippen LogP contribution >= 0.6 is 0 Å². The molecule has 1 aromatic heterocycles. The molecular formula is C16H20N4O3. The normalized spacial score (nSPS) is 17.8. The van der Waals surface area contributed by atoms with Gasteiger partial charge in [-0.05, 0) is 38.3 Å². The number of likely N-dealkylation sites (tertiary alicyclic amines) is 1. The molecule has 3 rings (SSSR count). The third-order valence-electron chi connectivity index (χ3n) is 3.91. The summed E-state index contributed by atoms with van der Waals surface area (Å²) in [6.07, 6.45) is 2.83. The number of carbonyl (C=O) groups excluding carboxylic acids is 1. The number of piperidine rings is 1. The largest absolute Gasteiger partial charge is 0.497 e. The number of carbonyl (C=O) groups is 1. The minimum absolute atomic E-state index is 0.168. The number of urea groups is 1. The Hall–Kier alpha value is -2.57. The molecule has 2 heterocycles. The molecule has 0 aliphatic carbocycles. The van der Waals surface area contributed by atoms with E-state index >= 15 is 0 Å². The first-order chi connectivity index (χ1) is 11.2. The molecule has 1 unspecified atom stereocenters. The lowest BCUT2D eigenvalue weighted by atomic mass is 10.0. The van der Waals surface area contributed by atoms with Gasteiger partial charge in [-0.15, -0.1) is 0 Å². The second-order valence-corrected chi connectivity index (χ2v) is 5.55. The minimum atomic E-state index is -0.171. The maximum Gasteiger partial charge on any atom is 0.322 e. The predicted molar refractivity (Wildman–Crippen MR) is 84.3 cm³/mol. The fourth-order valence-electron chi connectivity index (χ4n) is 2.78. The van der Waals surface area contributed by atoms with E-state index in [1.165, 1.54) is 0 Å². The zero-order valence-electron chi connectivity index (χ0n) is 13.3. The average molecular weight is 316 g/mol. The molecule has 1 fully saturated rings. The van der Waals surface area contributed by atoms with Crippen LogP contribution in [0.5, 0.6) is 5.75 Å². The Morgan fingerprint density at radius 1 is 1.43 bits per heavy atom. The molecule has 1 N–H and O–H groups in total. The molecule has 1 saturated heterocycles. The maximum absolute atomic E-state index is 12.6. The van der Waals surface area contributed by atoms with Crippen LogP contribution in [0.25, 0.3) is 0 Å². The average Bonchev–Trinajstić information content (AvgIpc) is 3.01. The van der Waals surface area contributed by atoms with Crippen LogP contribution in [0.4, 0.5) is 10.5 Å². The van der Waals surface area contributed by atoms with E-state index in [2.05, 4.69) is 15.5 Å². The van der Waals surface area contributed by atoms with Crippen LogP contribution in [0, 0.1) is 6.92 Å². The summed E-state index contributed by atoms with van der Waals surface area (Å²) in [7, 11) is 1.60. The van der Waals surface area contributed by atoms with Crippen molar-refractivity contribution in [2.24, 2.45) is 0 Å². The molecule has 0 radical (unpaired) electrons. The van der Waals surface area contributed by atoms with Gasteiger partial charge in [-0.2, -0.15) is 4.98 Å². The molecule has 1 aliphatic heterocycles. The topological polar surface area (TPSA) is 80.5 Å². The third kappa shape index (κ3) is 3.44. The molecule has 0 spiro atoms. The highest BCUT2D eigenvalue weighted by Gasteiger charge is 2.32. The molecule has 1 aromatic carbocycles. The van der Waals surface area contributed by atoms with E-state index in [4.69, 9.17) is 9.26 Å². The lowest BCUT2D eigenvalue weighted by Gasteiger charge is -2.33. The maximum atomic E-state index is 12.6. The number of aryl methyl sites for hydroxylation is 1. The van der Waals surface area contributed by atoms with Gasteiger partial charge in [-0.3, -0.25) is 0 Å². The van der Waals surface area contributed by atoms with E-state index in [1.54, 1.807) is 25.0 Å². The van der Waals surface area contributed by atoms with Crippen LogP contribution in [0.15, 0.2) is 28.8 Å². The summed E-state index contributed by atoms with van der Waals surface area (Å²) in [6.45, 7) is 2.44. The molecular weight excluding hydrogens is 296 g/mol. The smallest absolute Gasteiger partial charge is 0.322 e. The van der Waals surface area contributed by atoms with Crippen molar-refractivity contribution in [1.29, 1.82) is 0 Å². The van der Waals surface area contributed by atoms with Gasteiger partial charge in [0.2, 0.25) is 5.89 Å². The van der Waals surface area contributed by atoms with Crippen LogP contribution in [0.3, 0.4) is 0 Å². The number of aromatic nitrogens is 2. The molecule has 1 aliphatic rings. The molecule has 2 amide bonds. The Morgan fingerprint density at radius 2 is 2.30 bits per heavy atom. The van der Waals surface area contributed by atoms with Crippen molar-refractivity contribution in [3.8, 4) is 5.75 Å². The van der Waals surface area contributed by atoms with Crippen LogP contribution in [0.1, 0.15) is 37.0 Å². The molecule has 7 nitrogen and oxygen atoms in total. The monoisotopic (exact) mass is 316 g/mol. The van der Waals surface area contributed by atoms with Gasteiger partial charge in [0.15, 0.2) is 5.82 Å². The summed E-state index contributed by atoms with van der Waals surface area (Å²) in [6, 6.07) is 6.95. The standard InChI is InChI=1S/C16H20N4O3/c1-11-17-15(23-19-11)14-8-3-4-9-20(14)16(21)18-12-6-5-7-13(10-12)22-2/h5-7,10,14H,3-4,8-9H2,1-2H3,(H,18,21). The van der Waals surface area contributed by atoms with Crippen molar-refractivity contribution in [2.45, 2.75) is 32.2 Å². The van der Waals surface area contributed by atoms with Crippen molar-refractivity contribution >= 4 is 11.7 Å². The van der Waals surface area contributed by atoms with E-state index in [1.807, 2.05) is 18.2 Å². The summed E-state index contributed by atoms with van der Waals surface area (Å²) in [5, 5.41) is 6.74. The highest BCUT2D eigenvalue weighted by atomic mass is 16.5. The Labute approximate surface area is 134 Å². The minimum Gasteiger partial charge on any atom is -0.497 e. The van der Waals surface area contributed by atoms with Gasteiger partial charge in [0.1, 0.15) is 11.8 Å². The Morgan fingerprint density at radius 3 is 3.04 bits per heavy atom. The Balaban J connectivity index is 1.75. The number of anilines is 1. The number of ether oxygens (including phenoxy) is 1. The highest BCUT2D eigenvalue weighted by Crippen LogP contribution is 2.30. The van der Waals surface area contributed by atoms with Gasteiger partial charge in [-0.25, -0.2) is 4.79 Å². The number of hydrogen-bond donors (Lipinski definition) is 1. The van der Waals surface area contributed by atoms with E-state index in [-0.39, 0.29) is 12.1 Å². The van der Waals surface area contributed by atoms with E-state index in [9.17, 15) is 4.79 Å². The number of methoxy groups -OCH3 is 1. The fourth-order valence-corrected chi connectivity index (χ4v) is 2.78. The number of nitrogens with zero attached hydrogens (tertiary/aromatic N) is 3. The highest BCUT2D eigenvalue weighted by molar-refractivity contribution is 5.89. The number of rotatable bonds is 3. The van der Waals surface area contributed by atoms with Crippen LogP contribution in [-0.2, 0) is 0 Å². The third-order valence-corrected chi connectivity index (χ3v) is 3.91. The van der Waals surface area contributed by atoms with E-state index < -0.39 is 0 Å². The molecule has 0 bridgehead atoms. The SMILES string of the molecule is COc1cccc(NC(=O)N2CCCCC2c2nc(C)no2)c1. The van der Waals surface area contributed by atoms with Crippen molar-refractivity contribution in [3.05, 3.63) is 36.0 Å².